The fourth-order valence-electron chi connectivity index (χ4n) is 0.907. The summed E-state index contributed by atoms with van der Waals surface area (Å²) in [4.78, 5) is 21.2. The van der Waals surface area contributed by atoms with E-state index in [0.717, 1.165) is 5.56 Å². The molecule has 1 aromatic rings. The van der Waals surface area contributed by atoms with Crippen molar-refractivity contribution in [3.8, 4) is 0 Å². The van der Waals surface area contributed by atoms with Crippen LogP contribution in [-0.4, -0.2) is 18.5 Å². The fourth-order valence-corrected chi connectivity index (χ4v) is 0.907. The van der Waals surface area contributed by atoms with Gasteiger partial charge >= 0.3 is 18.9 Å². The zero-order valence-corrected chi connectivity index (χ0v) is 9.05. The van der Waals surface area contributed by atoms with Crippen LogP contribution in [0, 0.1) is 0 Å². The molecule has 6 heteroatoms. The molecule has 1 aromatic carbocycles. The van der Waals surface area contributed by atoms with Crippen molar-refractivity contribution >= 4 is 12.0 Å². The van der Waals surface area contributed by atoms with Gasteiger partial charge in [-0.15, -0.1) is 0 Å². The molecule has 2 N–H and O–H groups in total. The molecule has 1 rings (SSSR count). The van der Waals surface area contributed by atoms with Crippen molar-refractivity contribution in [2.24, 2.45) is 5.73 Å². The Morgan fingerprint density at radius 3 is 2.44 bits per heavy atom. The van der Waals surface area contributed by atoms with Crippen molar-refractivity contribution in [3.63, 3.8) is 0 Å². The van der Waals surface area contributed by atoms with Crippen LogP contribution in [0.25, 0.3) is 5.32 Å². The molecule has 0 bridgehead atoms. The summed E-state index contributed by atoms with van der Waals surface area (Å²) in [5.41, 5.74) is 5.67. The minimum Gasteiger partial charge on any atom is -0.610 e. The number of primary amides is 1. The van der Waals surface area contributed by atoms with Gasteiger partial charge in [-0.25, -0.2) is 0 Å². The van der Waals surface area contributed by atoms with Crippen molar-refractivity contribution in [2.45, 2.75) is 6.61 Å². The Labute approximate surface area is 106 Å². The topological polar surface area (TPSA) is 83.5 Å². The van der Waals surface area contributed by atoms with Gasteiger partial charge in [-0.1, -0.05) is 30.3 Å². The molecule has 0 aliphatic heterocycles. The minimum atomic E-state index is -0.780. The normalized spacial score (nSPS) is 8.75. The van der Waals surface area contributed by atoms with Crippen LogP contribution in [0.2, 0.25) is 0 Å². The average Bonchev–Trinajstić information content (AvgIpc) is 2.25. The Morgan fingerprint density at radius 2 is 1.88 bits per heavy atom. The number of nitrogens with zero attached hydrogens (tertiary/aromatic N) is 1. The number of ether oxygens (including phenoxy) is 1. The zero-order valence-electron chi connectivity index (χ0n) is 9.05. The molecular formula is C10H11LiN2O3. The molecule has 0 saturated heterocycles. The molecule has 0 heterocycles. The predicted octanol–water partition coefficient (Wildman–Crippen LogP) is -1.81. The van der Waals surface area contributed by atoms with Gasteiger partial charge in [0.05, 0.1) is 0 Å². The summed E-state index contributed by atoms with van der Waals surface area (Å²) in [7, 11) is 0. The quantitative estimate of drug-likeness (QED) is 0.599. The molecule has 16 heavy (non-hydrogen) atoms. The van der Waals surface area contributed by atoms with E-state index in [1.807, 2.05) is 30.3 Å². The standard InChI is InChI=1S/C10H12N2O3.Li/c11-9(13)6-12-10(14)15-7-8-4-2-1-3-5-8;/h1-5H,6-7H2,(H3,11,12,13,14);/q;+1/p-1. The van der Waals surface area contributed by atoms with Crippen LogP contribution < -0.4 is 24.6 Å². The second-order valence-corrected chi connectivity index (χ2v) is 2.82. The molecule has 2 amide bonds. The molecule has 0 radical (unpaired) electrons. The van der Waals surface area contributed by atoms with Crippen molar-refractivity contribution in [1.29, 1.82) is 0 Å². The maximum atomic E-state index is 10.9. The molecule has 0 fully saturated rings. The Balaban J connectivity index is 0.00000225. The van der Waals surface area contributed by atoms with Gasteiger partial charge in [-0.3, -0.25) is 9.59 Å². The number of hydrogen-bond acceptors (Lipinski definition) is 3. The molecule has 0 atom stereocenters. The molecule has 5 nitrogen and oxygen atoms in total. The summed E-state index contributed by atoms with van der Waals surface area (Å²) in [6, 6.07) is 9.18. The largest absolute Gasteiger partial charge is 1.00 e. The summed E-state index contributed by atoms with van der Waals surface area (Å²) < 4.78 is 4.77. The SMILES string of the molecule is NC(=O)C[N-]C(=O)OCc1ccccc1.[Li+]. The summed E-state index contributed by atoms with van der Waals surface area (Å²) in [5.74, 6) is -0.660. The Hall–Kier alpha value is -1.44. The van der Waals surface area contributed by atoms with E-state index in [2.05, 4.69) is 5.32 Å². The molecule has 0 aromatic heterocycles. The van der Waals surface area contributed by atoms with Gasteiger partial charge in [-0.05, 0) is 12.1 Å². The van der Waals surface area contributed by atoms with Gasteiger partial charge in [0.2, 0.25) is 6.09 Å². The first-order valence-corrected chi connectivity index (χ1v) is 4.35. The van der Waals surface area contributed by atoms with Crippen LogP contribution in [0.1, 0.15) is 5.56 Å². The van der Waals surface area contributed by atoms with Crippen LogP contribution in [0.4, 0.5) is 4.79 Å². The third kappa shape index (κ3) is 6.12. The average molecular weight is 214 g/mol. The molecule has 80 valence electrons. The smallest absolute Gasteiger partial charge is 0.610 e. The van der Waals surface area contributed by atoms with E-state index in [-0.39, 0.29) is 32.0 Å². The molecule has 0 spiro atoms. The number of benzene rings is 1. The van der Waals surface area contributed by atoms with Gasteiger partial charge in [0.1, 0.15) is 6.61 Å². The Morgan fingerprint density at radius 1 is 1.25 bits per heavy atom. The first-order valence-electron chi connectivity index (χ1n) is 4.35. The Kier molecular flexibility index (Phi) is 7.10. The van der Waals surface area contributed by atoms with Crippen molar-refractivity contribution in [3.05, 3.63) is 41.2 Å². The third-order valence-corrected chi connectivity index (χ3v) is 1.57. The molecule has 0 saturated carbocycles. The number of nitrogens with two attached hydrogens (primary N) is 1. The van der Waals surface area contributed by atoms with Gasteiger partial charge in [-0.2, -0.15) is 0 Å². The maximum Gasteiger partial charge on any atom is 1.00 e. The molecule has 0 aliphatic rings. The molecular weight excluding hydrogens is 203 g/mol. The first kappa shape index (κ1) is 14.6. The van der Waals surface area contributed by atoms with Gasteiger partial charge in [0.15, 0.2) is 5.91 Å². The summed E-state index contributed by atoms with van der Waals surface area (Å²) >= 11 is 0. The number of carbonyl (C=O) groups is 2. The number of rotatable bonds is 4. The van der Waals surface area contributed by atoms with Gasteiger partial charge in [0.25, 0.3) is 0 Å². The zero-order chi connectivity index (χ0) is 11.1. The van der Waals surface area contributed by atoms with E-state index in [0.29, 0.717) is 0 Å². The maximum absolute atomic E-state index is 10.9. The van der Waals surface area contributed by atoms with Crippen LogP contribution in [0.15, 0.2) is 30.3 Å². The van der Waals surface area contributed by atoms with Crippen molar-refractivity contribution in [2.75, 3.05) is 6.54 Å². The number of carbonyl (C=O) groups excluding carboxylic acids is 2. The van der Waals surface area contributed by atoms with E-state index in [1.165, 1.54) is 0 Å². The summed E-state index contributed by atoms with van der Waals surface area (Å²) in [5, 5.41) is 3.30. The first-order chi connectivity index (χ1) is 7.18. The third-order valence-electron chi connectivity index (χ3n) is 1.57. The van der Waals surface area contributed by atoms with E-state index < -0.39 is 12.0 Å². The van der Waals surface area contributed by atoms with E-state index in [1.54, 1.807) is 0 Å². The molecule has 0 aliphatic carbocycles. The van der Waals surface area contributed by atoms with Crippen molar-refractivity contribution in [1.82, 2.24) is 0 Å². The monoisotopic (exact) mass is 214 g/mol. The van der Waals surface area contributed by atoms with E-state index in [4.69, 9.17) is 10.5 Å². The second kappa shape index (κ2) is 7.80. The van der Waals surface area contributed by atoms with Crippen LogP contribution >= 0.6 is 0 Å². The summed E-state index contributed by atoms with van der Waals surface area (Å²) in [6.45, 7) is -0.199. The molecule has 0 unspecified atom stereocenters. The minimum absolute atomic E-state index is 0. The number of hydrogen-bond donors (Lipinski definition) is 1. The van der Waals surface area contributed by atoms with E-state index in [9.17, 15) is 9.59 Å². The number of amides is 2. The fraction of sp³-hybridized carbons (Fsp3) is 0.200. The van der Waals surface area contributed by atoms with Crippen LogP contribution in [-0.2, 0) is 16.1 Å². The van der Waals surface area contributed by atoms with Gasteiger partial charge in [0, 0.05) is 0 Å². The summed E-state index contributed by atoms with van der Waals surface area (Å²) in [6.07, 6.45) is -0.780. The predicted molar refractivity (Wildman–Crippen MR) is 54.0 cm³/mol. The second-order valence-electron chi connectivity index (χ2n) is 2.82. The van der Waals surface area contributed by atoms with Gasteiger partial charge < -0.3 is 15.8 Å². The van der Waals surface area contributed by atoms with E-state index >= 15 is 0 Å². The van der Waals surface area contributed by atoms with Crippen LogP contribution in [0.5, 0.6) is 0 Å². The van der Waals surface area contributed by atoms with Crippen LogP contribution in [0.3, 0.4) is 0 Å². The Bertz CT molecular complexity index is 343. The van der Waals surface area contributed by atoms with Crippen molar-refractivity contribution < 1.29 is 33.2 Å².